The van der Waals surface area contributed by atoms with Crippen LogP contribution < -0.4 is 15.4 Å². The molecule has 1 amide bonds. The van der Waals surface area contributed by atoms with Crippen LogP contribution in [0.3, 0.4) is 0 Å². The minimum absolute atomic E-state index is 0.136. The second-order valence-electron chi connectivity index (χ2n) is 5.48. The molecule has 152 valence electrons. The normalized spacial score (nSPS) is 11.3. The van der Waals surface area contributed by atoms with Crippen LogP contribution in [0.1, 0.15) is 6.42 Å². The summed E-state index contributed by atoms with van der Waals surface area (Å²) in [5.41, 5.74) is 0. The van der Waals surface area contributed by atoms with Gasteiger partial charge in [0.15, 0.2) is 11.6 Å². The second kappa shape index (κ2) is 9.97. The monoisotopic (exact) mass is 452 g/mol. The van der Waals surface area contributed by atoms with E-state index in [0.717, 1.165) is 6.07 Å². The van der Waals surface area contributed by atoms with Crippen LogP contribution in [-0.4, -0.2) is 38.9 Å². The van der Waals surface area contributed by atoms with Gasteiger partial charge in [0.1, 0.15) is 5.82 Å². The Kier molecular flexibility index (Phi) is 7.93. The van der Waals surface area contributed by atoms with E-state index < -0.39 is 32.5 Å². The van der Waals surface area contributed by atoms with Crippen LogP contribution in [0.5, 0.6) is 0 Å². The number of hydrogen-bond donors (Lipinski definition) is 3. The molecule has 0 spiro atoms. The summed E-state index contributed by atoms with van der Waals surface area (Å²) in [5.74, 6) is -2.41. The number of amides is 1. The molecule has 0 saturated heterocycles. The maximum atomic E-state index is 13.1. The molecule has 1 aromatic heterocycles. The van der Waals surface area contributed by atoms with Crippen molar-refractivity contribution in [3.05, 3.63) is 52.1 Å². The molecule has 0 unspecified atom stereocenters. The molecule has 0 fully saturated rings. The van der Waals surface area contributed by atoms with Gasteiger partial charge in [0.05, 0.1) is 14.9 Å². The van der Waals surface area contributed by atoms with E-state index >= 15 is 0 Å². The lowest BCUT2D eigenvalue weighted by atomic mass is 10.3. The molecule has 0 saturated carbocycles. The maximum Gasteiger partial charge on any atom is 0.240 e. The molecular weight excluding hydrogens is 437 g/mol. The van der Waals surface area contributed by atoms with Gasteiger partial charge in [0.2, 0.25) is 15.9 Å². The Morgan fingerprint density at radius 2 is 1.82 bits per heavy atom. The molecule has 7 nitrogen and oxygen atoms in total. The third-order valence-electron chi connectivity index (χ3n) is 3.39. The van der Waals surface area contributed by atoms with Gasteiger partial charge in [-0.2, -0.15) is 0 Å². The second-order valence-corrected chi connectivity index (χ2v) is 8.09. The number of aromatic nitrogens is 1. The molecule has 28 heavy (non-hydrogen) atoms. The van der Waals surface area contributed by atoms with Crippen LogP contribution in [0.2, 0.25) is 10.0 Å². The summed E-state index contributed by atoms with van der Waals surface area (Å²) >= 11 is 11.7. The fourth-order valence-electron chi connectivity index (χ4n) is 2.04. The van der Waals surface area contributed by atoms with Crippen molar-refractivity contribution in [3.63, 3.8) is 0 Å². The van der Waals surface area contributed by atoms with Crippen LogP contribution in [0, 0.1) is 11.6 Å². The van der Waals surface area contributed by atoms with Gasteiger partial charge in [-0.25, -0.2) is 26.9 Å². The fourth-order valence-corrected chi connectivity index (χ4v) is 3.53. The summed E-state index contributed by atoms with van der Waals surface area (Å²) in [6, 6.07) is 3.74. The number of hydrogen-bond acceptors (Lipinski definition) is 5. The van der Waals surface area contributed by atoms with Gasteiger partial charge < -0.3 is 10.6 Å². The number of benzene rings is 1. The molecule has 0 aliphatic heterocycles. The summed E-state index contributed by atoms with van der Waals surface area (Å²) in [5, 5.41) is 6.23. The van der Waals surface area contributed by atoms with Crippen LogP contribution in [-0.2, 0) is 14.8 Å². The Morgan fingerprint density at radius 3 is 2.50 bits per heavy atom. The van der Waals surface area contributed by atoms with E-state index in [1.165, 1.54) is 12.3 Å². The predicted octanol–water partition coefficient (Wildman–Crippen LogP) is 2.56. The fraction of sp³-hybridized carbons (Fsp3) is 0.250. The van der Waals surface area contributed by atoms with Gasteiger partial charge in [0, 0.05) is 32.3 Å². The number of rotatable bonds is 9. The zero-order valence-corrected chi connectivity index (χ0v) is 16.6. The van der Waals surface area contributed by atoms with Crippen molar-refractivity contribution in [2.24, 2.45) is 0 Å². The Hall–Kier alpha value is -2.01. The average Bonchev–Trinajstić information content (AvgIpc) is 2.62. The van der Waals surface area contributed by atoms with E-state index in [1.54, 1.807) is 0 Å². The molecule has 0 aliphatic rings. The van der Waals surface area contributed by atoms with Gasteiger partial charge in [-0.05, 0) is 24.3 Å². The summed E-state index contributed by atoms with van der Waals surface area (Å²) in [4.78, 5) is 15.3. The largest absolute Gasteiger partial charge is 0.367 e. The first-order chi connectivity index (χ1) is 13.2. The molecule has 0 radical (unpaired) electrons. The van der Waals surface area contributed by atoms with E-state index in [4.69, 9.17) is 23.2 Å². The Morgan fingerprint density at radius 1 is 1.07 bits per heavy atom. The molecule has 12 heteroatoms. The standard InChI is InChI=1S/C16H16Cl2F2N4O3S/c17-10-7-12(18)16(23-9-10)22-6-5-21-15(25)3-4-24-28(26,27)11-1-2-13(19)14(20)8-11/h1-2,7-9,24H,3-6H2,(H,21,25)(H,22,23). The first kappa shape index (κ1) is 22.3. The topological polar surface area (TPSA) is 100 Å². The molecule has 2 aromatic rings. The van der Waals surface area contributed by atoms with E-state index in [2.05, 4.69) is 20.3 Å². The number of nitrogens with zero attached hydrogens (tertiary/aromatic N) is 1. The minimum Gasteiger partial charge on any atom is -0.367 e. The predicted molar refractivity (Wildman–Crippen MR) is 102 cm³/mol. The highest BCUT2D eigenvalue weighted by atomic mass is 35.5. The third-order valence-corrected chi connectivity index (χ3v) is 5.35. The quantitative estimate of drug-likeness (QED) is 0.507. The van der Waals surface area contributed by atoms with Gasteiger partial charge in [-0.3, -0.25) is 4.79 Å². The first-order valence-electron chi connectivity index (χ1n) is 7.95. The zero-order valence-electron chi connectivity index (χ0n) is 14.3. The lowest BCUT2D eigenvalue weighted by molar-refractivity contribution is -0.120. The molecular formula is C16H16Cl2F2N4O3S. The summed E-state index contributed by atoms with van der Waals surface area (Å²) < 4.78 is 52.1. The van der Waals surface area contributed by atoms with Gasteiger partial charge >= 0.3 is 0 Å². The van der Waals surface area contributed by atoms with E-state index in [-0.39, 0.29) is 19.5 Å². The lowest BCUT2D eigenvalue weighted by Crippen LogP contribution is -2.33. The molecule has 3 N–H and O–H groups in total. The summed E-state index contributed by atoms with van der Waals surface area (Å²) in [7, 11) is -4.05. The number of anilines is 1. The SMILES string of the molecule is O=C(CCNS(=O)(=O)c1ccc(F)c(F)c1)NCCNc1ncc(Cl)cc1Cl. The zero-order chi connectivity index (χ0) is 20.7. The highest BCUT2D eigenvalue weighted by molar-refractivity contribution is 7.89. The van der Waals surface area contributed by atoms with Crippen molar-refractivity contribution in [1.29, 1.82) is 0 Å². The Bertz CT molecular complexity index is 961. The Labute approximate surface area is 170 Å². The molecule has 2 rings (SSSR count). The van der Waals surface area contributed by atoms with E-state index in [9.17, 15) is 22.0 Å². The van der Waals surface area contributed by atoms with Crippen molar-refractivity contribution >= 4 is 45.0 Å². The van der Waals surface area contributed by atoms with E-state index in [1.807, 2.05) is 0 Å². The highest BCUT2D eigenvalue weighted by Gasteiger charge is 2.16. The number of nitrogens with one attached hydrogen (secondary N) is 3. The first-order valence-corrected chi connectivity index (χ1v) is 10.2. The molecule has 0 bridgehead atoms. The van der Waals surface area contributed by atoms with Crippen LogP contribution in [0.15, 0.2) is 35.4 Å². The lowest BCUT2D eigenvalue weighted by Gasteiger charge is -2.09. The molecule has 1 heterocycles. The third kappa shape index (κ3) is 6.55. The van der Waals surface area contributed by atoms with Crippen LogP contribution in [0.25, 0.3) is 0 Å². The molecule has 0 aliphatic carbocycles. The molecule has 1 aromatic carbocycles. The average molecular weight is 453 g/mol. The van der Waals surface area contributed by atoms with Gasteiger partial charge in [-0.1, -0.05) is 23.2 Å². The minimum atomic E-state index is -4.05. The van der Waals surface area contributed by atoms with Crippen molar-refractivity contribution < 1.29 is 22.0 Å². The number of halogens is 4. The molecule has 0 atom stereocenters. The summed E-state index contributed by atoms with van der Waals surface area (Å²) in [6.07, 6.45) is 1.29. The number of carbonyl (C=O) groups excluding carboxylic acids is 1. The summed E-state index contributed by atoms with van der Waals surface area (Å²) in [6.45, 7) is 0.376. The maximum absolute atomic E-state index is 13.1. The van der Waals surface area contributed by atoms with Crippen LogP contribution in [0.4, 0.5) is 14.6 Å². The van der Waals surface area contributed by atoms with Crippen molar-refractivity contribution in [2.45, 2.75) is 11.3 Å². The van der Waals surface area contributed by atoms with Gasteiger partial charge in [-0.15, -0.1) is 0 Å². The number of sulfonamides is 1. The number of pyridine rings is 1. The van der Waals surface area contributed by atoms with Crippen molar-refractivity contribution in [3.8, 4) is 0 Å². The highest BCUT2D eigenvalue weighted by Crippen LogP contribution is 2.22. The van der Waals surface area contributed by atoms with E-state index in [0.29, 0.717) is 34.5 Å². The van der Waals surface area contributed by atoms with Crippen molar-refractivity contribution in [2.75, 3.05) is 25.0 Å². The smallest absolute Gasteiger partial charge is 0.240 e. The van der Waals surface area contributed by atoms with Crippen molar-refractivity contribution in [1.82, 2.24) is 15.0 Å². The Balaban J connectivity index is 1.71. The van der Waals surface area contributed by atoms with Gasteiger partial charge in [0.25, 0.3) is 0 Å². The number of carbonyl (C=O) groups is 1. The van der Waals surface area contributed by atoms with Crippen LogP contribution >= 0.6 is 23.2 Å².